The van der Waals surface area contributed by atoms with E-state index in [1.54, 1.807) is 24.3 Å². The Labute approximate surface area is 63.7 Å². The maximum Gasteiger partial charge on any atom is 0.107 e. The van der Waals surface area contributed by atoms with Crippen LogP contribution in [0.5, 0.6) is 0 Å². The van der Waals surface area contributed by atoms with Crippen LogP contribution in [0.4, 0.5) is 5.69 Å². The fourth-order valence-electron chi connectivity index (χ4n) is 0.489. The van der Waals surface area contributed by atoms with Crippen LogP contribution in [-0.2, 0) is 17.1 Å². The largest absolute Gasteiger partial charge is 0.145 e. The average Bonchev–Trinajstić information content (AvgIpc) is 1.90. The van der Waals surface area contributed by atoms with Gasteiger partial charge in [-0.05, 0) is 17.3 Å². The number of nitroso groups, excluding NO2 is 1. The third kappa shape index (κ3) is 2.40. The summed E-state index contributed by atoms with van der Waals surface area (Å²) in [6.07, 6.45) is 0. The molecule has 0 bridgehead atoms. The van der Waals surface area contributed by atoms with Gasteiger partial charge in [0.05, 0.1) is 0 Å². The normalized spacial score (nSPS) is 7.56. The Morgan fingerprint density at radius 3 is 2.00 bits per heavy atom. The summed E-state index contributed by atoms with van der Waals surface area (Å²) in [6.45, 7) is 0. The zero-order chi connectivity index (χ0) is 5.82. The van der Waals surface area contributed by atoms with Crippen LogP contribution in [0.3, 0.4) is 0 Å². The molecule has 1 aromatic rings. The number of nitrogens with zero attached hydrogens (tertiary/aromatic N) is 1. The zero-order valence-corrected chi connectivity index (χ0v) is 5.70. The predicted molar refractivity (Wildman–Crippen MR) is 31.9 cm³/mol. The first-order valence-electron chi connectivity index (χ1n) is 2.32. The van der Waals surface area contributed by atoms with Crippen LogP contribution in [-0.4, -0.2) is 0 Å². The van der Waals surface area contributed by atoms with Crippen LogP contribution in [0.25, 0.3) is 0 Å². The quantitative estimate of drug-likeness (QED) is 0.460. The van der Waals surface area contributed by atoms with E-state index in [4.69, 9.17) is 0 Å². The molecule has 48 valence electrons. The fraction of sp³-hybridized carbons (Fsp3) is 0. The van der Waals surface area contributed by atoms with E-state index in [2.05, 4.69) is 5.18 Å². The minimum atomic E-state index is 0. The molecule has 0 aliphatic carbocycles. The van der Waals surface area contributed by atoms with E-state index in [0.717, 1.165) is 0 Å². The van der Waals surface area contributed by atoms with Crippen LogP contribution in [0.1, 0.15) is 0 Å². The molecule has 2 nitrogen and oxygen atoms in total. The molecule has 0 saturated heterocycles. The molecule has 1 aromatic carbocycles. The van der Waals surface area contributed by atoms with E-state index in [1.807, 2.05) is 6.07 Å². The standard InChI is InChI=1S/C6H5NO.Fe/c8-7-6-4-2-1-3-5-6;/h1-5H;. The molecule has 9 heavy (non-hydrogen) atoms. The summed E-state index contributed by atoms with van der Waals surface area (Å²) < 4.78 is 0. The number of benzene rings is 1. The molecule has 0 unspecified atom stereocenters. The van der Waals surface area contributed by atoms with Crippen molar-refractivity contribution in [3.63, 3.8) is 0 Å². The Hall–Kier alpha value is -0.661. The molecule has 0 saturated carbocycles. The van der Waals surface area contributed by atoms with Gasteiger partial charge < -0.3 is 0 Å². The maximum atomic E-state index is 9.76. The molecular weight excluding hydrogens is 158 g/mol. The van der Waals surface area contributed by atoms with Crippen molar-refractivity contribution in [2.75, 3.05) is 0 Å². The van der Waals surface area contributed by atoms with E-state index in [9.17, 15) is 4.91 Å². The summed E-state index contributed by atoms with van der Waals surface area (Å²) in [5, 5.41) is 2.72. The van der Waals surface area contributed by atoms with Crippen molar-refractivity contribution in [2.24, 2.45) is 5.18 Å². The van der Waals surface area contributed by atoms with Gasteiger partial charge in [-0.15, -0.1) is 4.91 Å². The number of hydrogen-bond donors (Lipinski definition) is 0. The molecule has 0 radical (unpaired) electrons. The Morgan fingerprint density at radius 2 is 1.67 bits per heavy atom. The maximum absolute atomic E-state index is 9.76. The second kappa shape index (κ2) is 4.24. The SMILES string of the molecule is O=Nc1ccccc1.[Fe]. The molecule has 0 N–H and O–H groups in total. The molecule has 0 spiro atoms. The van der Waals surface area contributed by atoms with Crippen molar-refractivity contribution in [2.45, 2.75) is 0 Å². The molecule has 0 amide bonds. The first-order chi connectivity index (χ1) is 3.93. The van der Waals surface area contributed by atoms with Crippen molar-refractivity contribution in [3.8, 4) is 0 Å². The van der Waals surface area contributed by atoms with Crippen LogP contribution in [0, 0.1) is 4.91 Å². The molecular formula is C6H5FeNO. The summed E-state index contributed by atoms with van der Waals surface area (Å²) in [6, 6.07) is 8.71. The van der Waals surface area contributed by atoms with Crippen LogP contribution < -0.4 is 0 Å². The van der Waals surface area contributed by atoms with Gasteiger partial charge in [0.1, 0.15) is 5.69 Å². The molecule has 0 aromatic heterocycles. The summed E-state index contributed by atoms with van der Waals surface area (Å²) in [5.74, 6) is 0. The summed E-state index contributed by atoms with van der Waals surface area (Å²) in [7, 11) is 0. The van der Waals surface area contributed by atoms with Gasteiger partial charge in [-0.1, -0.05) is 18.2 Å². The topological polar surface area (TPSA) is 29.4 Å². The van der Waals surface area contributed by atoms with Crippen LogP contribution in [0.2, 0.25) is 0 Å². The molecule has 0 fully saturated rings. The first kappa shape index (κ1) is 8.34. The second-order valence-electron chi connectivity index (χ2n) is 1.43. The van der Waals surface area contributed by atoms with Gasteiger partial charge in [0.25, 0.3) is 0 Å². The van der Waals surface area contributed by atoms with Gasteiger partial charge in [-0.3, -0.25) is 0 Å². The van der Waals surface area contributed by atoms with Gasteiger partial charge in [0.2, 0.25) is 0 Å². The van der Waals surface area contributed by atoms with E-state index < -0.39 is 0 Å². The number of hydrogen-bond acceptors (Lipinski definition) is 2. The second-order valence-corrected chi connectivity index (χ2v) is 1.43. The van der Waals surface area contributed by atoms with E-state index in [-0.39, 0.29) is 17.1 Å². The van der Waals surface area contributed by atoms with Crippen LogP contribution in [0.15, 0.2) is 35.5 Å². The summed E-state index contributed by atoms with van der Waals surface area (Å²) >= 11 is 0. The molecule has 1 rings (SSSR count). The number of rotatable bonds is 1. The fourth-order valence-corrected chi connectivity index (χ4v) is 0.489. The van der Waals surface area contributed by atoms with Gasteiger partial charge in [-0.25, -0.2) is 0 Å². The van der Waals surface area contributed by atoms with Gasteiger partial charge in [-0.2, -0.15) is 0 Å². The van der Waals surface area contributed by atoms with E-state index in [1.165, 1.54) is 0 Å². The monoisotopic (exact) mass is 163 g/mol. The van der Waals surface area contributed by atoms with E-state index in [0.29, 0.717) is 5.69 Å². The third-order valence-electron chi connectivity index (χ3n) is 0.862. The Morgan fingerprint density at radius 1 is 1.11 bits per heavy atom. The van der Waals surface area contributed by atoms with Crippen LogP contribution >= 0.6 is 0 Å². The smallest absolute Gasteiger partial charge is 0.107 e. The Balaban J connectivity index is 0.000000640. The predicted octanol–water partition coefficient (Wildman–Crippen LogP) is 2.08. The molecule has 0 atom stereocenters. The van der Waals surface area contributed by atoms with Crippen molar-refractivity contribution in [1.29, 1.82) is 0 Å². The van der Waals surface area contributed by atoms with Crippen molar-refractivity contribution in [3.05, 3.63) is 35.2 Å². The molecule has 0 aliphatic rings. The molecule has 0 heterocycles. The summed E-state index contributed by atoms with van der Waals surface area (Å²) in [4.78, 5) is 9.76. The molecule has 0 aliphatic heterocycles. The zero-order valence-electron chi connectivity index (χ0n) is 4.60. The van der Waals surface area contributed by atoms with Crippen molar-refractivity contribution >= 4 is 5.69 Å². The van der Waals surface area contributed by atoms with E-state index >= 15 is 0 Å². The van der Waals surface area contributed by atoms with Gasteiger partial charge in [0, 0.05) is 17.1 Å². The Bertz CT molecular complexity index is 176. The van der Waals surface area contributed by atoms with Gasteiger partial charge in [0.15, 0.2) is 0 Å². The minimum Gasteiger partial charge on any atom is -0.145 e. The van der Waals surface area contributed by atoms with Crippen molar-refractivity contribution < 1.29 is 17.1 Å². The third-order valence-corrected chi connectivity index (χ3v) is 0.862. The molecule has 3 heteroatoms. The van der Waals surface area contributed by atoms with Gasteiger partial charge >= 0.3 is 0 Å². The first-order valence-corrected chi connectivity index (χ1v) is 2.32. The summed E-state index contributed by atoms with van der Waals surface area (Å²) in [5.41, 5.74) is 0.479. The van der Waals surface area contributed by atoms with Crippen molar-refractivity contribution in [1.82, 2.24) is 0 Å². The minimum absolute atomic E-state index is 0. The Kier molecular flexibility index (Phi) is 3.93. The average molecular weight is 163 g/mol.